The average Bonchev–Trinajstić information content (AvgIpc) is 3.04. The first-order chi connectivity index (χ1) is 15.7. The van der Waals surface area contributed by atoms with Crippen LogP contribution in [0.3, 0.4) is 0 Å². The van der Waals surface area contributed by atoms with E-state index in [-0.39, 0.29) is 49.6 Å². The quantitative estimate of drug-likeness (QED) is 0.540. The fourth-order valence-corrected chi connectivity index (χ4v) is 4.03. The van der Waals surface area contributed by atoms with Gasteiger partial charge in [0.05, 0.1) is 21.2 Å². The summed E-state index contributed by atoms with van der Waals surface area (Å²) in [5, 5.41) is 3.49. The van der Waals surface area contributed by atoms with E-state index in [0.717, 1.165) is 10.5 Å². The Morgan fingerprint density at radius 1 is 1.03 bits per heavy atom. The lowest BCUT2D eigenvalue weighted by Crippen LogP contribution is -2.47. The molecule has 0 aliphatic carbocycles. The van der Waals surface area contributed by atoms with Crippen molar-refractivity contribution in [2.24, 2.45) is 0 Å². The highest BCUT2D eigenvalue weighted by molar-refractivity contribution is 6.42. The molecule has 0 spiro atoms. The highest BCUT2D eigenvalue weighted by atomic mass is 35.5. The highest BCUT2D eigenvalue weighted by Crippen LogP contribution is 2.25. The summed E-state index contributed by atoms with van der Waals surface area (Å²) in [4.78, 5) is 53.2. The molecule has 1 N–H and O–H groups in total. The van der Waals surface area contributed by atoms with E-state index >= 15 is 0 Å². The van der Waals surface area contributed by atoms with Crippen molar-refractivity contribution in [3.63, 3.8) is 0 Å². The predicted molar refractivity (Wildman–Crippen MR) is 126 cm³/mol. The Morgan fingerprint density at radius 2 is 1.67 bits per heavy atom. The Morgan fingerprint density at radius 3 is 2.24 bits per heavy atom. The molecule has 3 rings (SSSR count). The summed E-state index contributed by atoms with van der Waals surface area (Å²) in [6.07, 6.45) is 0.350. The van der Waals surface area contributed by atoms with E-state index in [0.29, 0.717) is 27.7 Å². The van der Waals surface area contributed by atoms with E-state index in [1.54, 1.807) is 56.3 Å². The molecule has 1 atom stereocenters. The van der Waals surface area contributed by atoms with Crippen molar-refractivity contribution in [3.05, 3.63) is 69.2 Å². The van der Waals surface area contributed by atoms with Crippen LogP contribution >= 0.6 is 23.2 Å². The molecule has 0 saturated carbocycles. The lowest BCUT2D eigenvalue weighted by Gasteiger charge is -2.29. The number of amides is 4. The van der Waals surface area contributed by atoms with Crippen LogP contribution in [-0.4, -0.2) is 52.6 Å². The number of nitrogens with one attached hydrogen (secondary N) is 1. The van der Waals surface area contributed by atoms with E-state index in [1.807, 2.05) is 0 Å². The molecule has 2 aromatic rings. The fraction of sp³-hybridized carbons (Fsp3) is 0.333. The van der Waals surface area contributed by atoms with Gasteiger partial charge in [0, 0.05) is 26.1 Å². The molecule has 0 aromatic heterocycles. The molecule has 1 aliphatic heterocycles. The van der Waals surface area contributed by atoms with E-state index in [1.165, 1.54) is 4.90 Å². The highest BCUT2D eigenvalue weighted by Gasteiger charge is 2.35. The number of halogens is 2. The largest absolute Gasteiger partial charge is 0.355 e. The number of hydrogen-bond acceptors (Lipinski definition) is 4. The van der Waals surface area contributed by atoms with Gasteiger partial charge in [-0.2, -0.15) is 0 Å². The first kappa shape index (κ1) is 24.7. The molecule has 1 heterocycles. The molecule has 33 heavy (non-hydrogen) atoms. The zero-order chi connectivity index (χ0) is 24.1. The molecule has 0 saturated heterocycles. The standard InChI is InChI=1S/C24H25Cl2N3O4/c1-3-27-22(31)15(2)29(14-16-10-11-19(25)20(26)13-16)21(30)9-6-12-28-23(32)17-7-4-5-8-18(17)24(28)33/h4-5,7-8,10-11,13,15H,3,6,9,12,14H2,1-2H3,(H,27,31)/t15-/m1/s1. The van der Waals surface area contributed by atoms with Gasteiger partial charge in [-0.1, -0.05) is 41.4 Å². The van der Waals surface area contributed by atoms with Gasteiger partial charge in [-0.25, -0.2) is 0 Å². The lowest BCUT2D eigenvalue weighted by molar-refractivity contribution is -0.140. The summed E-state index contributed by atoms with van der Waals surface area (Å²) >= 11 is 12.1. The van der Waals surface area contributed by atoms with Crippen molar-refractivity contribution < 1.29 is 19.2 Å². The third-order valence-electron chi connectivity index (χ3n) is 5.51. The monoisotopic (exact) mass is 489 g/mol. The smallest absolute Gasteiger partial charge is 0.261 e. The van der Waals surface area contributed by atoms with Crippen LogP contribution < -0.4 is 5.32 Å². The summed E-state index contributed by atoms with van der Waals surface area (Å²) < 4.78 is 0. The van der Waals surface area contributed by atoms with Crippen LogP contribution in [0.2, 0.25) is 10.0 Å². The van der Waals surface area contributed by atoms with Gasteiger partial charge in [0.2, 0.25) is 11.8 Å². The number of benzene rings is 2. The van der Waals surface area contributed by atoms with Gasteiger partial charge in [-0.3, -0.25) is 24.1 Å². The molecular weight excluding hydrogens is 465 g/mol. The Kier molecular flexibility index (Phi) is 8.10. The topological polar surface area (TPSA) is 86.8 Å². The van der Waals surface area contributed by atoms with Gasteiger partial charge < -0.3 is 10.2 Å². The van der Waals surface area contributed by atoms with Gasteiger partial charge in [0.15, 0.2) is 0 Å². The lowest BCUT2D eigenvalue weighted by atomic mass is 10.1. The predicted octanol–water partition coefficient (Wildman–Crippen LogP) is 3.92. The van der Waals surface area contributed by atoms with Gasteiger partial charge >= 0.3 is 0 Å². The van der Waals surface area contributed by atoms with Crippen LogP contribution in [0, 0.1) is 0 Å². The van der Waals surface area contributed by atoms with E-state index < -0.39 is 6.04 Å². The van der Waals surface area contributed by atoms with Gasteiger partial charge in [-0.15, -0.1) is 0 Å². The average molecular weight is 490 g/mol. The Hall–Kier alpha value is -2.90. The molecule has 1 aliphatic rings. The molecule has 0 bridgehead atoms. The van der Waals surface area contributed by atoms with Crippen LogP contribution in [0.5, 0.6) is 0 Å². The first-order valence-corrected chi connectivity index (χ1v) is 11.5. The zero-order valence-corrected chi connectivity index (χ0v) is 19.9. The molecule has 9 heteroatoms. The number of fused-ring (bicyclic) bond motifs is 1. The van der Waals surface area contributed by atoms with Crippen molar-refractivity contribution in [2.75, 3.05) is 13.1 Å². The number of likely N-dealkylation sites (N-methyl/N-ethyl adjacent to an activating group) is 1. The minimum atomic E-state index is -0.716. The first-order valence-electron chi connectivity index (χ1n) is 10.7. The second-order valence-electron chi connectivity index (χ2n) is 7.75. The number of imide groups is 1. The number of rotatable bonds is 9. The summed E-state index contributed by atoms with van der Waals surface area (Å²) in [5.41, 5.74) is 1.48. The zero-order valence-electron chi connectivity index (χ0n) is 18.4. The van der Waals surface area contributed by atoms with Gasteiger partial charge in [0.25, 0.3) is 11.8 Å². The number of hydrogen-bond donors (Lipinski definition) is 1. The second kappa shape index (κ2) is 10.8. The summed E-state index contributed by atoms with van der Waals surface area (Å²) in [7, 11) is 0. The molecule has 7 nitrogen and oxygen atoms in total. The maximum absolute atomic E-state index is 13.1. The Bertz CT molecular complexity index is 1050. The minimum Gasteiger partial charge on any atom is -0.355 e. The molecule has 4 amide bonds. The summed E-state index contributed by atoms with van der Waals surface area (Å²) in [6.45, 7) is 4.19. The van der Waals surface area contributed by atoms with Gasteiger partial charge in [-0.05, 0) is 50.1 Å². The van der Waals surface area contributed by atoms with Crippen molar-refractivity contribution in [1.29, 1.82) is 0 Å². The third-order valence-corrected chi connectivity index (χ3v) is 6.24. The van der Waals surface area contributed by atoms with E-state index in [4.69, 9.17) is 23.2 Å². The van der Waals surface area contributed by atoms with Gasteiger partial charge in [0.1, 0.15) is 6.04 Å². The van der Waals surface area contributed by atoms with Crippen molar-refractivity contribution in [1.82, 2.24) is 15.1 Å². The van der Waals surface area contributed by atoms with E-state index in [2.05, 4.69) is 5.32 Å². The van der Waals surface area contributed by atoms with E-state index in [9.17, 15) is 19.2 Å². The minimum absolute atomic E-state index is 0.0679. The van der Waals surface area contributed by atoms with Crippen LogP contribution in [0.15, 0.2) is 42.5 Å². The summed E-state index contributed by atoms with van der Waals surface area (Å²) in [6, 6.07) is 11.0. The molecule has 0 unspecified atom stereocenters. The molecule has 0 radical (unpaired) electrons. The second-order valence-corrected chi connectivity index (χ2v) is 8.57. The maximum atomic E-state index is 13.1. The molecular formula is C24H25Cl2N3O4. The molecule has 0 fully saturated rings. The third kappa shape index (κ3) is 5.54. The van der Waals surface area contributed by atoms with Crippen LogP contribution in [0.1, 0.15) is 53.0 Å². The summed E-state index contributed by atoms with van der Waals surface area (Å²) in [5.74, 6) is -1.25. The number of carbonyl (C=O) groups excluding carboxylic acids is 4. The Balaban J connectivity index is 1.68. The van der Waals surface area contributed by atoms with Crippen LogP contribution in [-0.2, 0) is 16.1 Å². The van der Waals surface area contributed by atoms with Crippen molar-refractivity contribution >= 4 is 46.8 Å². The molecule has 174 valence electrons. The SMILES string of the molecule is CCNC(=O)[C@@H](C)N(Cc1ccc(Cl)c(Cl)c1)C(=O)CCCN1C(=O)c2ccccc2C1=O. The number of carbonyl (C=O) groups is 4. The maximum Gasteiger partial charge on any atom is 0.261 e. The van der Waals surface area contributed by atoms with Crippen LogP contribution in [0.25, 0.3) is 0 Å². The Labute approximate surface area is 202 Å². The number of nitrogens with zero attached hydrogens (tertiary/aromatic N) is 2. The van der Waals surface area contributed by atoms with Crippen LogP contribution in [0.4, 0.5) is 0 Å². The normalized spacial score (nSPS) is 13.6. The van der Waals surface area contributed by atoms with Crippen molar-refractivity contribution in [3.8, 4) is 0 Å². The fourth-order valence-electron chi connectivity index (χ4n) is 3.71. The van der Waals surface area contributed by atoms with Crippen molar-refractivity contribution in [2.45, 2.75) is 39.3 Å². The molecule has 2 aromatic carbocycles.